The second-order valence-corrected chi connectivity index (χ2v) is 7.65. The van der Waals surface area contributed by atoms with Gasteiger partial charge in [0.2, 0.25) is 5.91 Å². The van der Waals surface area contributed by atoms with Crippen molar-refractivity contribution in [3.63, 3.8) is 0 Å². The van der Waals surface area contributed by atoms with Crippen LogP contribution in [0.3, 0.4) is 0 Å². The van der Waals surface area contributed by atoms with Gasteiger partial charge in [-0.1, -0.05) is 31.2 Å². The van der Waals surface area contributed by atoms with Gasteiger partial charge in [0, 0.05) is 18.8 Å². The lowest BCUT2D eigenvalue weighted by Gasteiger charge is -2.30. The predicted octanol–water partition coefficient (Wildman–Crippen LogP) is 3.47. The zero-order chi connectivity index (χ0) is 19.5. The third-order valence-electron chi connectivity index (χ3n) is 5.26. The largest absolute Gasteiger partial charge is 0.420 e. The van der Waals surface area contributed by atoms with Crippen LogP contribution in [0.25, 0.3) is 11.1 Å². The molecule has 28 heavy (non-hydrogen) atoms. The number of rotatable bonds is 5. The molecule has 0 aliphatic carbocycles. The van der Waals surface area contributed by atoms with Crippen molar-refractivity contribution in [3.8, 4) is 0 Å². The molecule has 0 bridgehead atoms. The smallest absolute Gasteiger partial charge is 0.408 e. The Kier molecular flexibility index (Phi) is 5.30. The molecule has 3 aromatic rings. The Balaban J connectivity index is 1.38. The van der Waals surface area contributed by atoms with Gasteiger partial charge in [0.05, 0.1) is 5.52 Å². The van der Waals surface area contributed by atoms with Crippen LogP contribution in [0.2, 0.25) is 0 Å². The number of hydrogen-bond donors (Lipinski definition) is 1. The van der Waals surface area contributed by atoms with Gasteiger partial charge in [-0.25, -0.2) is 4.79 Å². The maximum atomic E-state index is 12.4. The van der Waals surface area contributed by atoms with E-state index in [1.807, 2.05) is 30.3 Å². The SMILES string of the molecule is CC1CCCN(Cc2ccc(NC(=O)Cn3c(=O)oc4ccccc43)cc2)C1. The number of likely N-dealkylation sites (tertiary alicyclic amines) is 1. The van der Waals surface area contributed by atoms with Crippen LogP contribution in [0, 0.1) is 5.92 Å². The third-order valence-corrected chi connectivity index (χ3v) is 5.26. The fourth-order valence-corrected chi connectivity index (χ4v) is 3.89. The van der Waals surface area contributed by atoms with Crippen molar-refractivity contribution in [2.75, 3.05) is 18.4 Å². The minimum absolute atomic E-state index is 0.0801. The molecule has 6 nitrogen and oxygen atoms in total. The number of nitrogens with zero attached hydrogens (tertiary/aromatic N) is 2. The summed E-state index contributed by atoms with van der Waals surface area (Å²) in [6.45, 7) is 5.46. The van der Waals surface area contributed by atoms with E-state index in [9.17, 15) is 9.59 Å². The molecular weight excluding hydrogens is 354 g/mol. The number of carbonyl (C=O) groups excluding carboxylic acids is 1. The number of hydrogen-bond acceptors (Lipinski definition) is 4. The highest BCUT2D eigenvalue weighted by Gasteiger charge is 2.16. The molecule has 2 heterocycles. The number of aromatic nitrogens is 1. The summed E-state index contributed by atoms with van der Waals surface area (Å²) >= 11 is 0. The van der Waals surface area contributed by atoms with Gasteiger partial charge in [-0.05, 0) is 55.1 Å². The van der Waals surface area contributed by atoms with Crippen molar-refractivity contribution in [3.05, 3.63) is 64.6 Å². The Morgan fingerprint density at radius 2 is 1.96 bits per heavy atom. The maximum Gasteiger partial charge on any atom is 0.420 e. The van der Waals surface area contributed by atoms with E-state index in [-0.39, 0.29) is 12.5 Å². The number of amides is 1. The van der Waals surface area contributed by atoms with Gasteiger partial charge in [0.1, 0.15) is 6.54 Å². The van der Waals surface area contributed by atoms with Crippen LogP contribution < -0.4 is 11.1 Å². The summed E-state index contributed by atoms with van der Waals surface area (Å²) in [6, 6.07) is 15.0. The molecule has 1 aliphatic rings. The van der Waals surface area contributed by atoms with Crippen molar-refractivity contribution in [2.24, 2.45) is 5.92 Å². The molecule has 0 spiro atoms. The summed E-state index contributed by atoms with van der Waals surface area (Å²) in [5, 5.41) is 2.86. The fraction of sp³-hybridized carbons (Fsp3) is 0.364. The van der Waals surface area contributed by atoms with Crippen LogP contribution in [0.5, 0.6) is 0 Å². The second-order valence-electron chi connectivity index (χ2n) is 7.65. The highest BCUT2D eigenvalue weighted by Crippen LogP contribution is 2.19. The summed E-state index contributed by atoms with van der Waals surface area (Å²) in [6.07, 6.45) is 2.58. The topological polar surface area (TPSA) is 67.5 Å². The number of piperidine rings is 1. The molecule has 4 rings (SSSR count). The Labute approximate surface area is 163 Å². The first-order valence-corrected chi connectivity index (χ1v) is 9.78. The zero-order valence-corrected chi connectivity index (χ0v) is 16.1. The lowest BCUT2D eigenvalue weighted by atomic mass is 10.00. The number of fused-ring (bicyclic) bond motifs is 1. The molecule has 0 saturated carbocycles. The molecule has 0 radical (unpaired) electrons. The quantitative estimate of drug-likeness (QED) is 0.737. The van der Waals surface area contributed by atoms with E-state index >= 15 is 0 Å². The monoisotopic (exact) mass is 379 g/mol. The lowest BCUT2D eigenvalue weighted by Crippen LogP contribution is -2.33. The number of benzene rings is 2. The summed E-state index contributed by atoms with van der Waals surface area (Å²) in [7, 11) is 0. The van der Waals surface area contributed by atoms with E-state index < -0.39 is 5.76 Å². The zero-order valence-electron chi connectivity index (χ0n) is 16.1. The average Bonchev–Trinajstić information content (AvgIpc) is 2.99. The van der Waals surface area contributed by atoms with Gasteiger partial charge in [-0.3, -0.25) is 14.3 Å². The predicted molar refractivity (Wildman–Crippen MR) is 109 cm³/mol. The molecule has 1 saturated heterocycles. The Morgan fingerprint density at radius 3 is 2.75 bits per heavy atom. The highest BCUT2D eigenvalue weighted by molar-refractivity contribution is 5.91. The first-order chi connectivity index (χ1) is 13.6. The van der Waals surface area contributed by atoms with Crippen molar-refractivity contribution < 1.29 is 9.21 Å². The van der Waals surface area contributed by atoms with Gasteiger partial charge in [0.25, 0.3) is 0 Å². The molecule has 1 N–H and O–H groups in total. The van der Waals surface area contributed by atoms with Crippen molar-refractivity contribution >= 4 is 22.7 Å². The van der Waals surface area contributed by atoms with Gasteiger partial charge < -0.3 is 9.73 Å². The number of para-hydroxylation sites is 2. The van der Waals surface area contributed by atoms with Gasteiger partial charge >= 0.3 is 5.76 Å². The standard InChI is InChI=1S/C22H25N3O3/c1-16-5-4-12-24(13-16)14-17-8-10-18(11-9-17)23-21(26)15-25-19-6-2-3-7-20(19)28-22(25)27/h2-3,6-11,16H,4-5,12-15H2,1H3,(H,23,26). The first-order valence-electron chi connectivity index (χ1n) is 9.78. The van der Waals surface area contributed by atoms with Gasteiger partial charge in [-0.2, -0.15) is 0 Å². The van der Waals surface area contributed by atoms with E-state index in [0.29, 0.717) is 11.1 Å². The molecule has 2 aromatic carbocycles. The highest BCUT2D eigenvalue weighted by atomic mass is 16.4. The van der Waals surface area contributed by atoms with Gasteiger partial charge in [-0.15, -0.1) is 0 Å². The molecule has 1 aliphatic heterocycles. The first kappa shape index (κ1) is 18.5. The normalized spacial score (nSPS) is 17.7. The van der Waals surface area contributed by atoms with E-state index in [2.05, 4.69) is 17.1 Å². The number of carbonyl (C=O) groups is 1. The minimum Gasteiger partial charge on any atom is -0.408 e. The molecular formula is C22H25N3O3. The minimum atomic E-state index is -0.526. The van der Waals surface area contributed by atoms with Crippen molar-refractivity contribution in [1.82, 2.24) is 9.47 Å². The summed E-state index contributed by atoms with van der Waals surface area (Å²) in [5.41, 5.74) is 3.07. The van der Waals surface area contributed by atoms with Crippen LogP contribution in [0.1, 0.15) is 25.3 Å². The second kappa shape index (κ2) is 8.02. The van der Waals surface area contributed by atoms with Crippen molar-refractivity contribution in [2.45, 2.75) is 32.9 Å². The molecule has 146 valence electrons. The number of anilines is 1. The summed E-state index contributed by atoms with van der Waals surface area (Å²) in [4.78, 5) is 26.9. The molecule has 6 heteroatoms. The summed E-state index contributed by atoms with van der Waals surface area (Å²) in [5.74, 6) is -0.0246. The Hall–Kier alpha value is -2.86. The molecule has 1 aromatic heterocycles. The van der Waals surface area contributed by atoms with E-state index in [1.54, 1.807) is 18.2 Å². The molecule has 1 atom stereocenters. The summed E-state index contributed by atoms with van der Waals surface area (Å²) < 4.78 is 6.51. The lowest BCUT2D eigenvalue weighted by molar-refractivity contribution is -0.116. The van der Waals surface area contributed by atoms with Crippen molar-refractivity contribution in [1.29, 1.82) is 0 Å². The number of oxazole rings is 1. The fourth-order valence-electron chi connectivity index (χ4n) is 3.89. The van der Waals surface area contributed by atoms with Crippen LogP contribution in [0.4, 0.5) is 5.69 Å². The van der Waals surface area contributed by atoms with Crippen LogP contribution in [0.15, 0.2) is 57.7 Å². The number of nitrogens with one attached hydrogen (secondary N) is 1. The molecule has 1 amide bonds. The van der Waals surface area contributed by atoms with E-state index in [0.717, 1.165) is 31.2 Å². The maximum absolute atomic E-state index is 12.4. The van der Waals surface area contributed by atoms with Crippen LogP contribution in [-0.2, 0) is 17.9 Å². The van der Waals surface area contributed by atoms with E-state index in [1.165, 1.54) is 23.0 Å². The average molecular weight is 379 g/mol. The van der Waals surface area contributed by atoms with Gasteiger partial charge in [0.15, 0.2) is 5.58 Å². The molecule has 1 unspecified atom stereocenters. The van der Waals surface area contributed by atoms with Crippen LogP contribution >= 0.6 is 0 Å². The Morgan fingerprint density at radius 1 is 1.18 bits per heavy atom. The van der Waals surface area contributed by atoms with E-state index in [4.69, 9.17) is 4.42 Å². The third kappa shape index (κ3) is 4.17. The Bertz CT molecular complexity index is 1020. The van der Waals surface area contributed by atoms with Crippen LogP contribution in [-0.4, -0.2) is 28.5 Å². The molecule has 1 fully saturated rings.